The van der Waals surface area contributed by atoms with Gasteiger partial charge in [-0.25, -0.2) is 9.50 Å². The molecule has 0 spiro atoms. The Morgan fingerprint density at radius 2 is 2.14 bits per heavy atom. The van der Waals surface area contributed by atoms with Crippen LogP contribution in [0.25, 0.3) is 5.52 Å². The van der Waals surface area contributed by atoms with Gasteiger partial charge in [0.15, 0.2) is 5.16 Å². The van der Waals surface area contributed by atoms with E-state index in [1.807, 2.05) is 30.7 Å². The Morgan fingerprint density at radius 3 is 2.79 bits per heavy atom. The molecule has 0 aliphatic heterocycles. The predicted molar refractivity (Wildman–Crippen MR) is 61.9 cm³/mol. The van der Waals surface area contributed by atoms with E-state index in [0.717, 1.165) is 26.5 Å². The van der Waals surface area contributed by atoms with Gasteiger partial charge in [-0.1, -0.05) is 11.8 Å². The third-order valence-electron chi connectivity index (χ3n) is 2.00. The molecule has 14 heavy (non-hydrogen) atoms. The lowest BCUT2D eigenvalue weighted by Crippen LogP contribution is -1.97. The van der Waals surface area contributed by atoms with E-state index >= 15 is 0 Å². The number of nitrogens with zero attached hydrogens (tertiary/aromatic N) is 3. The van der Waals surface area contributed by atoms with Gasteiger partial charge >= 0.3 is 0 Å². The Hall–Kier alpha value is -0.550. The molecule has 0 atom stereocenters. The van der Waals surface area contributed by atoms with E-state index < -0.39 is 0 Å². The predicted octanol–water partition coefficient (Wildman–Crippen LogP) is 2.83. The number of rotatable bonds is 1. The maximum atomic E-state index is 4.42. The lowest BCUT2D eigenvalue weighted by molar-refractivity contribution is 0.775. The molecule has 2 aromatic rings. The Labute approximate surface area is 95.0 Å². The number of halogens is 1. The van der Waals surface area contributed by atoms with Crippen molar-refractivity contribution in [1.82, 2.24) is 14.6 Å². The van der Waals surface area contributed by atoms with Crippen LogP contribution in [-0.4, -0.2) is 20.9 Å². The summed E-state index contributed by atoms with van der Waals surface area (Å²) in [6.07, 6.45) is 2.01. The zero-order chi connectivity index (χ0) is 10.3. The highest BCUT2D eigenvalue weighted by Gasteiger charge is 2.10. The zero-order valence-corrected chi connectivity index (χ0v) is 10.6. The second-order valence-corrected chi connectivity index (χ2v) is 4.65. The normalized spacial score (nSPS) is 11.1. The van der Waals surface area contributed by atoms with Crippen molar-refractivity contribution in [1.29, 1.82) is 0 Å². The first-order valence-electron chi connectivity index (χ1n) is 4.20. The molecule has 0 N–H and O–H groups in total. The first-order valence-corrected chi connectivity index (χ1v) is 6.21. The average molecular weight is 272 g/mol. The Bertz CT molecular complexity index is 492. The molecular weight excluding hydrogens is 262 g/mol. The minimum Gasteiger partial charge on any atom is -0.228 e. The molecule has 0 aliphatic carbocycles. The fourth-order valence-corrected chi connectivity index (χ4v) is 2.27. The van der Waals surface area contributed by atoms with Crippen LogP contribution in [0.4, 0.5) is 0 Å². The minimum atomic E-state index is 0.925. The van der Waals surface area contributed by atoms with Crippen LogP contribution >= 0.6 is 27.7 Å². The number of thioether (sulfide) groups is 1. The van der Waals surface area contributed by atoms with Crippen molar-refractivity contribution in [3.05, 3.63) is 21.9 Å². The van der Waals surface area contributed by atoms with Crippen molar-refractivity contribution in [3.63, 3.8) is 0 Å². The molecule has 0 bridgehead atoms. The second kappa shape index (κ2) is 3.55. The summed E-state index contributed by atoms with van der Waals surface area (Å²) in [4.78, 5) is 4.42. The van der Waals surface area contributed by atoms with Gasteiger partial charge in [0.2, 0.25) is 0 Å². The molecule has 0 radical (unpaired) electrons. The van der Waals surface area contributed by atoms with Gasteiger partial charge in [0.1, 0.15) is 0 Å². The van der Waals surface area contributed by atoms with Crippen LogP contribution < -0.4 is 0 Å². The molecule has 0 fully saturated rings. The summed E-state index contributed by atoms with van der Waals surface area (Å²) in [5.41, 5.74) is 3.09. The molecule has 0 aliphatic rings. The molecule has 0 saturated heterocycles. The van der Waals surface area contributed by atoms with Crippen molar-refractivity contribution in [2.45, 2.75) is 19.0 Å². The Morgan fingerprint density at radius 1 is 1.43 bits per heavy atom. The first-order chi connectivity index (χ1) is 6.63. The topological polar surface area (TPSA) is 30.2 Å². The number of aromatic nitrogens is 3. The van der Waals surface area contributed by atoms with Gasteiger partial charge < -0.3 is 0 Å². The lowest BCUT2D eigenvalue weighted by atomic mass is 10.3. The van der Waals surface area contributed by atoms with Crippen molar-refractivity contribution in [2.24, 2.45) is 0 Å². The van der Waals surface area contributed by atoms with E-state index in [9.17, 15) is 0 Å². The molecule has 74 valence electrons. The van der Waals surface area contributed by atoms with Crippen molar-refractivity contribution in [2.75, 3.05) is 6.26 Å². The van der Waals surface area contributed by atoms with Crippen LogP contribution in [0.15, 0.2) is 15.7 Å². The van der Waals surface area contributed by atoms with E-state index in [1.165, 1.54) is 0 Å². The number of aryl methyl sites for hydroxylation is 2. The number of hydrogen-bond donors (Lipinski definition) is 0. The highest BCUT2D eigenvalue weighted by Crippen LogP contribution is 2.25. The van der Waals surface area contributed by atoms with E-state index in [4.69, 9.17) is 0 Å². The van der Waals surface area contributed by atoms with Crippen LogP contribution in [-0.2, 0) is 0 Å². The standard InChI is InChI=1S/C9H10BrN3S/c1-5-4-7-8(10)6(2)12-13(7)9(11-5)14-3/h4H,1-3H3. The summed E-state index contributed by atoms with van der Waals surface area (Å²) in [5, 5.41) is 5.34. The smallest absolute Gasteiger partial charge is 0.189 e. The van der Waals surface area contributed by atoms with Crippen molar-refractivity contribution >= 4 is 33.2 Å². The van der Waals surface area contributed by atoms with Crippen molar-refractivity contribution in [3.8, 4) is 0 Å². The molecular formula is C9H10BrN3S. The molecule has 0 amide bonds. The van der Waals surface area contributed by atoms with Crippen LogP contribution in [0.2, 0.25) is 0 Å². The maximum absolute atomic E-state index is 4.42. The van der Waals surface area contributed by atoms with Gasteiger partial charge in [-0.2, -0.15) is 5.10 Å². The quantitative estimate of drug-likeness (QED) is 0.590. The largest absolute Gasteiger partial charge is 0.228 e. The molecule has 0 unspecified atom stereocenters. The SMILES string of the molecule is CSc1nc(C)cc2c(Br)c(C)nn12. The summed E-state index contributed by atoms with van der Waals surface area (Å²) in [6.45, 7) is 3.98. The monoisotopic (exact) mass is 271 g/mol. The highest BCUT2D eigenvalue weighted by molar-refractivity contribution is 9.10. The third-order valence-corrected chi connectivity index (χ3v) is 3.61. The first kappa shape index (κ1) is 9.98. The van der Waals surface area contributed by atoms with E-state index in [1.54, 1.807) is 11.8 Å². The zero-order valence-electron chi connectivity index (χ0n) is 8.21. The third kappa shape index (κ3) is 1.44. The molecule has 0 saturated carbocycles. The second-order valence-electron chi connectivity index (χ2n) is 3.08. The van der Waals surface area contributed by atoms with Crippen LogP contribution in [0.5, 0.6) is 0 Å². The van der Waals surface area contributed by atoms with Gasteiger partial charge in [0.05, 0.1) is 15.7 Å². The van der Waals surface area contributed by atoms with Gasteiger partial charge in [0, 0.05) is 5.69 Å². The number of fused-ring (bicyclic) bond motifs is 1. The fourth-order valence-electron chi connectivity index (χ4n) is 1.36. The molecule has 2 aromatic heterocycles. The van der Waals surface area contributed by atoms with Crippen LogP contribution in [0.1, 0.15) is 11.4 Å². The number of hydrogen-bond acceptors (Lipinski definition) is 3. The van der Waals surface area contributed by atoms with Crippen LogP contribution in [0.3, 0.4) is 0 Å². The maximum Gasteiger partial charge on any atom is 0.189 e. The Balaban J connectivity index is 2.87. The summed E-state index contributed by atoms with van der Waals surface area (Å²) in [7, 11) is 0. The van der Waals surface area contributed by atoms with Gasteiger partial charge in [0.25, 0.3) is 0 Å². The Kier molecular flexibility index (Phi) is 2.53. The lowest BCUT2D eigenvalue weighted by Gasteiger charge is -2.01. The van der Waals surface area contributed by atoms with E-state index in [0.29, 0.717) is 0 Å². The summed E-state index contributed by atoms with van der Waals surface area (Å²) in [5.74, 6) is 0. The summed E-state index contributed by atoms with van der Waals surface area (Å²) >= 11 is 5.13. The highest BCUT2D eigenvalue weighted by atomic mass is 79.9. The van der Waals surface area contributed by atoms with Gasteiger partial charge in [-0.15, -0.1) is 0 Å². The molecule has 2 heterocycles. The summed E-state index contributed by atoms with van der Waals surface area (Å²) in [6, 6.07) is 2.03. The van der Waals surface area contributed by atoms with Gasteiger partial charge in [-0.05, 0) is 42.1 Å². The minimum absolute atomic E-state index is 0.925. The van der Waals surface area contributed by atoms with E-state index in [2.05, 4.69) is 26.0 Å². The van der Waals surface area contributed by atoms with E-state index in [-0.39, 0.29) is 0 Å². The average Bonchev–Trinajstić information content (AvgIpc) is 2.43. The molecule has 2 rings (SSSR count). The van der Waals surface area contributed by atoms with Crippen LogP contribution in [0, 0.1) is 13.8 Å². The van der Waals surface area contributed by atoms with Crippen molar-refractivity contribution < 1.29 is 0 Å². The molecule has 3 nitrogen and oxygen atoms in total. The molecule has 5 heteroatoms. The van der Waals surface area contributed by atoms with Gasteiger partial charge in [-0.3, -0.25) is 0 Å². The summed E-state index contributed by atoms with van der Waals surface area (Å²) < 4.78 is 2.93. The fraction of sp³-hybridized carbons (Fsp3) is 0.333. The molecule has 0 aromatic carbocycles.